The molecule has 0 heterocycles. The molecule has 0 aliphatic heterocycles. The maximum absolute atomic E-state index is 11.9. The summed E-state index contributed by atoms with van der Waals surface area (Å²) in [5.41, 5.74) is 13.1. The Hall–Kier alpha value is -4.33. The molecule has 158 valence electrons. The SMILES string of the molecule is NC(=O)CNC(=O)c1ccc(CN=C(N)Nc2cccc(Oc3ccccc3)c2)cc1. The standard InChI is InChI=1S/C23H23N5O3/c24-21(29)15-26-22(30)17-11-9-16(10-12-17)14-27-23(25)28-18-5-4-8-20(13-18)31-19-6-2-1-3-7-19/h1-13H,14-15H2,(H2,24,29)(H,26,30)(H3,25,27,28). The average Bonchev–Trinajstić information content (AvgIpc) is 2.77. The maximum Gasteiger partial charge on any atom is 0.251 e. The second-order valence-electron chi connectivity index (χ2n) is 6.62. The second kappa shape index (κ2) is 10.4. The molecule has 0 fully saturated rings. The van der Waals surface area contributed by atoms with Gasteiger partial charge in [0, 0.05) is 17.3 Å². The van der Waals surface area contributed by atoms with Crippen LogP contribution in [0.5, 0.6) is 11.5 Å². The molecule has 0 bridgehead atoms. The number of rotatable bonds is 8. The van der Waals surface area contributed by atoms with Crippen LogP contribution in [0, 0.1) is 0 Å². The Bertz CT molecular complexity index is 1070. The zero-order valence-electron chi connectivity index (χ0n) is 16.7. The van der Waals surface area contributed by atoms with E-state index in [4.69, 9.17) is 16.2 Å². The lowest BCUT2D eigenvalue weighted by atomic mass is 10.1. The average molecular weight is 417 g/mol. The molecule has 0 aliphatic carbocycles. The number of nitrogens with two attached hydrogens (primary N) is 2. The van der Waals surface area contributed by atoms with Gasteiger partial charge in [-0.15, -0.1) is 0 Å². The van der Waals surface area contributed by atoms with E-state index in [0.29, 0.717) is 17.9 Å². The first-order chi connectivity index (χ1) is 15.0. The number of benzene rings is 3. The fourth-order valence-corrected chi connectivity index (χ4v) is 2.66. The van der Waals surface area contributed by atoms with Crippen molar-refractivity contribution in [2.24, 2.45) is 16.5 Å². The Balaban J connectivity index is 1.55. The predicted octanol–water partition coefficient (Wildman–Crippen LogP) is 2.62. The number of hydrogen-bond acceptors (Lipinski definition) is 4. The van der Waals surface area contributed by atoms with Gasteiger partial charge in [0.1, 0.15) is 11.5 Å². The lowest BCUT2D eigenvalue weighted by Crippen LogP contribution is -2.33. The van der Waals surface area contributed by atoms with Gasteiger partial charge in [-0.05, 0) is 42.0 Å². The van der Waals surface area contributed by atoms with Crippen molar-refractivity contribution in [3.05, 3.63) is 90.0 Å². The number of carbonyl (C=O) groups is 2. The number of primary amides is 1. The number of carbonyl (C=O) groups excluding carboxylic acids is 2. The van der Waals surface area contributed by atoms with Crippen molar-refractivity contribution in [2.45, 2.75) is 6.54 Å². The van der Waals surface area contributed by atoms with E-state index < -0.39 is 5.91 Å². The zero-order valence-corrected chi connectivity index (χ0v) is 16.7. The fourth-order valence-electron chi connectivity index (χ4n) is 2.66. The molecule has 3 rings (SSSR count). The minimum Gasteiger partial charge on any atom is -0.457 e. The molecule has 0 radical (unpaired) electrons. The second-order valence-corrected chi connectivity index (χ2v) is 6.62. The molecule has 8 heteroatoms. The molecule has 0 spiro atoms. The number of nitrogens with one attached hydrogen (secondary N) is 2. The van der Waals surface area contributed by atoms with E-state index in [1.807, 2.05) is 54.6 Å². The van der Waals surface area contributed by atoms with E-state index in [-0.39, 0.29) is 18.4 Å². The number of ether oxygens (including phenoxy) is 1. The number of hydrogen-bond donors (Lipinski definition) is 4. The van der Waals surface area contributed by atoms with Gasteiger partial charge in [-0.2, -0.15) is 0 Å². The quantitative estimate of drug-likeness (QED) is 0.330. The highest BCUT2D eigenvalue weighted by Gasteiger charge is 2.06. The molecule has 2 amide bonds. The Morgan fingerprint density at radius 3 is 2.29 bits per heavy atom. The first-order valence-corrected chi connectivity index (χ1v) is 9.55. The molecule has 0 aromatic heterocycles. The molecule has 8 nitrogen and oxygen atoms in total. The van der Waals surface area contributed by atoms with E-state index in [1.54, 1.807) is 24.3 Å². The largest absolute Gasteiger partial charge is 0.457 e. The van der Waals surface area contributed by atoms with E-state index in [9.17, 15) is 9.59 Å². The van der Waals surface area contributed by atoms with Gasteiger partial charge in [0.15, 0.2) is 5.96 Å². The number of amides is 2. The summed E-state index contributed by atoms with van der Waals surface area (Å²) in [7, 11) is 0. The predicted molar refractivity (Wildman–Crippen MR) is 120 cm³/mol. The summed E-state index contributed by atoms with van der Waals surface area (Å²) in [4.78, 5) is 26.9. The van der Waals surface area contributed by atoms with Crippen molar-refractivity contribution >= 4 is 23.5 Å². The van der Waals surface area contributed by atoms with Gasteiger partial charge in [0.2, 0.25) is 5.91 Å². The molecular weight excluding hydrogens is 394 g/mol. The number of guanidine groups is 1. The summed E-state index contributed by atoms with van der Waals surface area (Å²) in [6, 6.07) is 23.7. The van der Waals surface area contributed by atoms with Crippen molar-refractivity contribution < 1.29 is 14.3 Å². The van der Waals surface area contributed by atoms with Crippen molar-refractivity contribution in [3.63, 3.8) is 0 Å². The van der Waals surface area contributed by atoms with Crippen molar-refractivity contribution in [1.29, 1.82) is 0 Å². The van der Waals surface area contributed by atoms with Crippen molar-refractivity contribution in [3.8, 4) is 11.5 Å². The highest BCUT2D eigenvalue weighted by Crippen LogP contribution is 2.23. The van der Waals surface area contributed by atoms with Crippen LogP contribution in [0.4, 0.5) is 5.69 Å². The zero-order chi connectivity index (χ0) is 22.1. The minimum atomic E-state index is -0.598. The van der Waals surface area contributed by atoms with E-state index in [1.165, 1.54) is 0 Å². The van der Waals surface area contributed by atoms with Crippen LogP contribution in [-0.2, 0) is 11.3 Å². The van der Waals surface area contributed by atoms with Crippen LogP contribution in [0.15, 0.2) is 83.9 Å². The molecular formula is C23H23N5O3. The Labute approximate surface area is 179 Å². The Morgan fingerprint density at radius 2 is 1.58 bits per heavy atom. The van der Waals surface area contributed by atoms with Crippen LogP contribution >= 0.6 is 0 Å². The first-order valence-electron chi connectivity index (χ1n) is 9.55. The Kier molecular flexibility index (Phi) is 7.21. The Morgan fingerprint density at radius 1 is 0.871 bits per heavy atom. The van der Waals surface area contributed by atoms with E-state index in [2.05, 4.69) is 15.6 Å². The smallest absolute Gasteiger partial charge is 0.251 e. The summed E-state index contributed by atoms with van der Waals surface area (Å²) < 4.78 is 5.81. The lowest BCUT2D eigenvalue weighted by Gasteiger charge is -2.09. The van der Waals surface area contributed by atoms with Crippen molar-refractivity contribution in [2.75, 3.05) is 11.9 Å². The molecule has 0 saturated carbocycles. The molecule has 0 atom stereocenters. The number of aliphatic imine (C=N–C) groups is 1. The molecule has 31 heavy (non-hydrogen) atoms. The highest BCUT2D eigenvalue weighted by atomic mass is 16.5. The molecule has 3 aromatic rings. The topological polar surface area (TPSA) is 132 Å². The lowest BCUT2D eigenvalue weighted by molar-refractivity contribution is -0.117. The molecule has 0 saturated heterocycles. The molecule has 3 aromatic carbocycles. The summed E-state index contributed by atoms with van der Waals surface area (Å²) >= 11 is 0. The number of para-hydroxylation sites is 1. The van der Waals surface area contributed by atoms with Gasteiger partial charge in [0.25, 0.3) is 5.91 Å². The number of anilines is 1. The number of nitrogens with zero attached hydrogens (tertiary/aromatic N) is 1. The third kappa shape index (κ3) is 6.90. The normalized spacial score (nSPS) is 10.9. The van der Waals surface area contributed by atoms with Gasteiger partial charge in [-0.25, -0.2) is 4.99 Å². The van der Waals surface area contributed by atoms with Gasteiger partial charge in [-0.1, -0.05) is 36.4 Å². The van der Waals surface area contributed by atoms with Gasteiger partial charge < -0.3 is 26.8 Å². The summed E-state index contributed by atoms with van der Waals surface area (Å²) in [5, 5.41) is 5.47. The van der Waals surface area contributed by atoms with Crippen LogP contribution < -0.4 is 26.8 Å². The van der Waals surface area contributed by atoms with Crippen LogP contribution in [0.25, 0.3) is 0 Å². The van der Waals surface area contributed by atoms with Gasteiger partial charge in [-0.3, -0.25) is 9.59 Å². The maximum atomic E-state index is 11.9. The molecule has 0 aliphatic rings. The fraction of sp³-hybridized carbons (Fsp3) is 0.0870. The van der Waals surface area contributed by atoms with Crippen LogP contribution in [0.1, 0.15) is 15.9 Å². The van der Waals surface area contributed by atoms with Crippen LogP contribution in [0.2, 0.25) is 0 Å². The monoisotopic (exact) mass is 417 g/mol. The van der Waals surface area contributed by atoms with E-state index in [0.717, 1.165) is 17.0 Å². The third-order valence-electron chi connectivity index (χ3n) is 4.16. The summed E-state index contributed by atoms with van der Waals surface area (Å²) in [6.45, 7) is 0.132. The minimum absolute atomic E-state index is 0.204. The molecule has 6 N–H and O–H groups in total. The first kappa shape index (κ1) is 21.4. The highest BCUT2D eigenvalue weighted by molar-refractivity contribution is 5.96. The summed E-state index contributed by atoms with van der Waals surface area (Å²) in [5.74, 6) is 0.703. The van der Waals surface area contributed by atoms with Gasteiger partial charge in [0.05, 0.1) is 13.1 Å². The van der Waals surface area contributed by atoms with Crippen LogP contribution in [-0.4, -0.2) is 24.3 Å². The van der Waals surface area contributed by atoms with Gasteiger partial charge >= 0.3 is 0 Å². The molecule has 0 unspecified atom stereocenters. The van der Waals surface area contributed by atoms with Crippen molar-refractivity contribution in [1.82, 2.24) is 5.32 Å². The van der Waals surface area contributed by atoms with Crippen LogP contribution in [0.3, 0.4) is 0 Å². The third-order valence-corrected chi connectivity index (χ3v) is 4.16. The summed E-state index contributed by atoms with van der Waals surface area (Å²) in [6.07, 6.45) is 0. The van der Waals surface area contributed by atoms with E-state index >= 15 is 0 Å².